The number of carbonyl (C=O) groups excluding carboxylic acids is 1. The van der Waals surface area contributed by atoms with Gasteiger partial charge in [-0.25, -0.2) is 0 Å². The first-order valence-electron chi connectivity index (χ1n) is 4.86. The van der Waals surface area contributed by atoms with Crippen LogP contribution in [0.3, 0.4) is 0 Å². The van der Waals surface area contributed by atoms with Crippen LogP contribution in [-0.4, -0.2) is 37.6 Å². The Labute approximate surface area is 81.1 Å². The third-order valence-corrected chi connectivity index (χ3v) is 2.17. The lowest BCUT2D eigenvalue weighted by Gasteiger charge is -2.20. The molecule has 0 fully saturated rings. The fourth-order valence-corrected chi connectivity index (χ4v) is 1.28. The summed E-state index contributed by atoms with van der Waals surface area (Å²) in [6.45, 7) is 8.17. The van der Waals surface area contributed by atoms with Crippen LogP contribution in [0, 0.1) is 5.92 Å². The van der Waals surface area contributed by atoms with E-state index >= 15 is 0 Å². The van der Waals surface area contributed by atoms with Crippen molar-refractivity contribution < 1.29 is 9.53 Å². The summed E-state index contributed by atoms with van der Waals surface area (Å²) in [7, 11) is 1.71. The predicted molar refractivity (Wildman–Crippen MR) is 53.6 cm³/mol. The van der Waals surface area contributed by atoms with Crippen molar-refractivity contribution >= 4 is 5.91 Å². The summed E-state index contributed by atoms with van der Waals surface area (Å²) < 4.78 is 5.03. The maximum Gasteiger partial charge on any atom is 0.219 e. The molecule has 1 atom stereocenters. The number of nitrogens with zero attached hydrogens (tertiary/aromatic N) is 1. The van der Waals surface area contributed by atoms with Gasteiger partial charge in [-0.15, -0.1) is 0 Å². The molecule has 78 valence electrons. The average Bonchev–Trinajstić information content (AvgIpc) is 2.05. The lowest BCUT2D eigenvalue weighted by molar-refractivity contribution is -0.128. The second kappa shape index (κ2) is 6.89. The summed E-state index contributed by atoms with van der Waals surface area (Å²) in [5.41, 5.74) is 0. The monoisotopic (exact) mass is 187 g/mol. The van der Waals surface area contributed by atoms with E-state index in [4.69, 9.17) is 4.74 Å². The number of rotatable bonds is 6. The minimum absolute atomic E-state index is 0.159. The quantitative estimate of drug-likeness (QED) is 0.631. The molecule has 0 aromatic rings. The molecule has 0 saturated heterocycles. The lowest BCUT2D eigenvalue weighted by atomic mass is 10.1. The Morgan fingerprint density at radius 1 is 1.54 bits per heavy atom. The van der Waals surface area contributed by atoms with Crippen molar-refractivity contribution in [3.63, 3.8) is 0 Å². The van der Waals surface area contributed by atoms with E-state index in [-0.39, 0.29) is 5.91 Å². The van der Waals surface area contributed by atoms with Gasteiger partial charge in [-0.05, 0) is 19.3 Å². The standard InChI is InChI=1S/C10H21NO2/c1-5-11(10(3)12)7-6-9(2)8-13-4/h9H,5-8H2,1-4H3. The summed E-state index contributed by atoms with van der Waals surface area (Å²) in [6, 6.07) is 0. The second-order valence-electron chi connectivity index (χ2n) is 3.45. The number of hydrogen-bond acceptors (Lipinski definition) is 2. The molecule has 0 radical (unpaired) electrons. The third-order valence-electron chi connectivity index (χ3n) is 2.17. The van der Waals surface area contributed by atoms with Crippen LogP contribution in [0.25, 0.3) is 0 Å². The van der Waals surface area contributed by atoms with E-state index in [2.05, 4.69) is 6.92 Å². The van der Waals surface area contributed by atoms with Crippen LogP contribution < -0.4 is 0 Å². The first-order chi connectivity index (χ1) is 6.11. The molecule has 3 heteroatoms. The van der Waals surface area contributed by atoms with E-state index in [9.17, 15) is 4.79 Å². The van der Waals surface area contributed by atoms with Gasteiger partial charge in [0.25, 0.3) is 0 Å². The number of hydrogen-bond donors (Lipinski definition) is 0. The van der Waals surface area contributed by atoms with Gasteiger partial charge in [-0.1, -0.05) is 6.92 Å². The van der Waals surface area contributed by atoms with Crippen LogP contribution in [0.2, 0.25) is 0 Å². The summed E-state index contributed by atoms with van der Waals surface area (Å²) in [4.78, 5) is 12.9. The maximum atomic E-state index is 11.0. The molecule has 0 spiro atoms. The topological polar surface area (TPSA) is 29.5 Å². The maximum absolute atomic E-state index is 11.0. The fraction of sp³-hybridized carbons (Fsp3) is 0.900. The molecule has 0 aromatic carbocycles. The van der Waals surface area contributed by atoms with E-state index in [0.29, 0.717) is 5.92 Å². The Hall–Kier alpha value is -0.570. The summed E-state index contributed by atoms with van der Waals surface area (Å²) in [5, 5.41) is 0. The van der Waals surface area contributed by atoms with Gasteiger partial charge >= 0.3 is 0 Å². The third kappa shape index (κ3) is 5.64. The molecule has 13 heavy (non-hydrogen) atoms. The Bertz CT molecular complexity index is 148. The van der Waals surface area contributed by atoms with E-state index in [0.717, 1.165) is 26.1 Å². The van der Waals surface area contributed by atoms with Gasteiger partial charge in [0.05, 0.1) is 0 Å². The smallest absolute Gasteiger partial charge is 0.219 e. The Morgan fingerprint density at radius 3 is 2.54 bits per heavy atom. The highest BCUT2D eigenvalue weighted by atomic mass is 16.5. The molecular formula is C10H21NO2. The van der Waals surface area contributed by atoms with Crippen molar-refractivity contribution in [3.05, 3.63) is 0 Å². The molecule has 0 rings (SSSR count). The van der Waals surface area contributed by atoms with Crippen LogP contribution in [-0.2, 0) is 9.53 Å². The van der Waals surface area contributed by atoms with Crippen LogP contribution >= 0.6 is 0 Å². The molecule has 1 amide bonds. The zero-order valence-corrected chi connectivity index (χ0v) is 9.17. The largest absolute Gasteiger partial charge is 0.384 e. The normalized spacial score (nSPS) is 12.6. The van der Waals surface area contributed by atoms with Gasteiger partial charge in [0, 0.05) is 33.7 Å². The molecule has 0 N–H and O–H groups in total. The molecule has 0 aliphatic heterocycles. The number of ether oxygens (including phenoxy) is 1. The highest BCUT2D eigenvalue weighted by Gasteiger charge is 2.08. The van der Waals surface area contributed by atoms with E-state index in [1.165, 1.54) is 0 Å². The number of amides is 1. The van der Waals surface area contributed by atoms with Crippen LogP contribution in [0.5, 0.6) is 0 Å². The molecule has 0 bridgehead atoms. The predicted octanol–water partition coefficient (Wildman–Crippen LogP) is 1.53. The minimum Gasteiger partial charge on any atom is -0.384 e. The van der Waals surface area contributed by atoms with Crippen molar-refractivity contribution in [3.8, 4) is 0 Å². The van der Waals surface area contributed by atoms with Gasteiger partial charge < -0.3 is 9.64 Å². The highest BCUT2D eigenvalue weighted by molar-refractivity contribution is 5.73. The van der Waals surface area contributed by atoms with Crippen LogP contribution in [0.4, 0.5) is 0 Å². The SMILES string of the molecule is CCN(CCC(C)COC)C(C)=O. The van der Waals surface area contributed by atoms with Gasteiger partial charge in [-0.2, -0.15) is 0 Å². The number of methoxy groups -OCH3 is 1. The molecule has 0 saturated carbocycles. The zero-order valence-electron chi connectivity index (χ0n) is 9.17. The first-order valence-corrected chi connectivity index (χ1v) is 4.86. The van der Waals surface area contributed by atoms with E-state index in [1.54, 1.807) is 14.0 Å². The second-order valence-corrected chi connectivity index (χ2v) is 3.45. The van der Waals surface area contributed by atoms with E-state index < -0.39 is 0 Å². The van der Waals surface area contributed by atoms with Crippen molar-refractivity contribution in [1.29, 1.82) is 0 Å². The summed E-state index contributed by atoms with van der Waals surface area (Å²) in [6.07, 6.45) is 1.02. The summed E-state index contributed by atoms with van der Waals surface area (Å²) >= 11 is 0. The highest BCUT2D eigenvalue weighted by Crippen LogP contribution is 2.03. The van der Waals surface area contributed by atoms with Crippen LogP contribution in [0.1, 0.15) is 27.2 Å². The van der Waals surface area contributed by atoms with Gasteiger partial charge in [0.2, 0.25) is 5.91 Å². The number of carbonyl (C=O) groups is 1. The van der Waals surface area contributed by atoms with Crippen molar-refractivity contribution in [2.24, 2.45) is 5.92 Å². The molecule has 1 unspecified atom stereocenters. The Kier molecular flexibility index (Phi) is 6.59. The van der Waals surface area contributed by atoms with Gasteiger partial charge in [0.15, 0.2) is 0 Å². The van der Waals surface area contributed by atoms with Crippen LogP contribution in [0.15, 0.2) is 0 Å². The average molecular weight is 187 g/mol. The fourth-order valence-electron chi connectivity index (χ4n) is 1.28. The Morgan fingerprint density at radius 2 is 2.15 bits per heavy atom. The molecular weight excluding hydrogens is 166 g/mol. The molecule has 0 aromatic heterocycles. The van der Waals surface area contributed by atoms with Gasteiger partial charge in [0.1, 0.15) is 0 Å². The van der Waals surface area contributed by atoms with Crippen molar-refractivity contribution in [1.82, 2.24) is 4.90 Å². The minimum atomic E-state index is 0.159. The van der Waals surface area contributed by atoms with Crippen molar-refractivity contribution in [2.75, 3.05) is 26.8 Å². The first kappa shape index (κ1) is 12.4. The molecule has 0 aliphatic rings. The van der Waals surface area contributed by atoms with E-state index in [1.807, 2.05) is 11.8 Å². The van der Waals surface area contributed by atoms with Gasteiger partial charge in [-0.3, -0.25) is 4.79 Å². The van der Waals surface area contributed by atoms with Crippen molar-refractivity contribution in [2.45, 2.75) is 27.2 Å². The lowest BCUT2D eigenvalue weighted by Crippen LogP contribution is -2.30. The molecule has 0 heterocycles. The molecule has 3 nitrogen and oxygen atoms in total. The molecule has 0 aliphatic carbocycles. The Balaban J connectivity index is 3.65. The zero-order chi connectivity index (χ0) is 10.3. The summed E-state index contributed by atoms with van der Waals surface area (Å²) in [5.74, 6) is 0.686.